The van der Waals surface area contributed by atoms with Crippen molar-refractivity contribution >= 4 is 48.7 Å². The summed E-state index contributed by atoms with van der Waals surface area (Å²) in [6.07, 6.45) is 4.21. The van der Waals surface area contributed by atoms with E-state index in [9.17, 15) is 0 Å². The topological polar surface area (TPSA) is 6.48 Å². The van der Waals surface area contributed by atoms with Crippen LogP contribution in [0.1, 0.15) is 48.9 Å². The van der Waals surface area contributed by atoms with Gasteiger partial charge in [0.05, 0.1) is 28.2 Å². The minimum atomic E-state index is -0.896. The third kappa shape index (κ3) is 9.49. The number of benzene rings is 8. The lowest BCUT2D eigenvalue weighted by Gasteiger charge is -2.42. The molecular weight excluding hydrogens is 739 g/mol. The summed E-state index contributed by atoms with van der Waals surface area (Å²) in [5.74, 6) is 0. The second kappa shape index (κ2) is 20.1. The second-order valence-corrected chi connectivity index (χ2v) is 18.6. The highest BCUT2D eigenvalue weighted by atomic mass is 31.1. The summed E-state index contributed by atoms with van der Waals surface area (Å²) >= 11 is 0. The van der Waals surface area contributed by atoms with Gasteiger partial charge in [-0.15, -0.1) is 0 Å². The Kier molecular flexibility index (Phi) is 13.5. The highest BCUT2D eigenvalue weighted by Gasteiger charge is 2.33. The van der Waals surface area contributed by atoms with Gasteiger partial charge in [0.1, 0.15) is 0 Å². The summed E-state index contributed by atoms with van der Waals surface area (Å²) in [5.41, 5.74) is 5.22. The van der Waals surface area contributed by atoms with E-state index in [1.807, 2.05) is 0 Å². The third-order valence-corrected chi connectivity index (χ3v) is 15.7. The van der Waals surface area contributed by atoms with Crippen LogP contribution in [-0.4, -0.2) is 0 Å². The molecule has 0 aromatic heterocycles. The number of anilines is 2. The van der Waals surface area contributed by atoms with E-state index in [0.29, 0.717) is 0 Å². The van der Waals surface area contributed by atoms with Crippen LogP contribution >= 0.6 is 16.1 Å². The number of unbranched alkanes of at least 4 members (excludes halogenated alkanes) is 1. The molecule has 0 saturated carbocycles. The first-order valence-corrected chi connectivity index (χ1v) is 23.0. The van der Waals surface area contributed by atoms with Crippen LogP contribution in [0.5, 0.6) is 0 Å². The summed E-state index contributed by atoms with van der Waals surface area (Å²) in [7, 11) is -1.79. The average molecular weight is 789 g/mol. The Hall–Kier alpha value is -5.78. The molecule has 58 heavy (non-hydrogen) atoms. The molecule has 286 valence electrons. The van der Waals surface area contributed by atoms with Gasteiger partial charge in [-0.05, 0) is 48.2 Å². The largest absolute Gasteiger partial charge is 0.335 e. The Morgan fingerprint density at radius 3 is 0.759 bits per heavy atom. The van der Waals surface area contributed by atoms with Gasteiger partial charge in [-0.3, -0.25) is 0 Å². The minimum absolute atomic E-state index is 0.168. The molecule has 8 aromatic rings. The van der Waals surface area contributed by atoms with Gasteiger partial charge in [0, 0.05) is 32.6 Å². The Morgan fingerprint density at radius 2 is 0.500 bits per heavy atom. The van der Waals surface area contributed by atoms with Crippen molar-refractivity contribution in [3.8, 4) is 0 Å². The molecule has 8 rings (SSSR count). The van der Waals surface area contributed by atoms with E-state index < -0.39 is 16.1 Å². The Labute approximate surface area is 348 Å². The molecule has 0 aliphatic rings. The summed E-state index contributed by atoms with van der Waals surface area (Å²) in [6.45, 7) is 0. The average Bonchev–Trinajstić information content (AvgIpc) is 3.31. The van der Waals surface area contributed by atoms with Crippen molar-refractivity contribution in [1.82, 2.24) is 0 Å². The van der Waals surface area contributed by atoms with Crippen LogP contribution in [0.15, 0.2) is 243 Å². The lowest BCUT2D eigenvalue weighted by atomic mass is 9.96. The molecule has 2 nitrogen and oxygen atoms in total. The van der Waals surface area contributed by atoms with E-state index in [-0.39, 0.29) is 12.1 Å². The van der Waals surface area contributed by atoms with Crippen molar-refractivity contribution in [2.45, 2.75) is 37.8 Å². The molecule has 2 unspecified atom stereocenters. The van der Waals surface area contributed by atoms with Crippen LogP contribution in [0.25, 0.3) is 0 Å². The van der Waals surface area contributed by atoms with Crippen molar-refractivity contribution in [2.75, 3.05) is 9.34 Å². The molecule has 0 amide bonds. The molecule has 0 saturated heterocycles. The molecule has 0 radical (unpaired) electrons. The van der Waals surface area contributed by atoms with Crippen LogP contribution in [0, 0.1) is 0 Å². The van der Waals surface area contributed by atoms with E-state index in [0.717, 1.165) is 25.7 Å². The molecule has 0 N–H and O–H groups in total. The molecule has 8 aromatic carbocycles. The number of hydrogen-bond acceptors (Lipinski definition) is 2. The summed E-state index contributed by atoms with van der Waals surface area (Å²) in [6, 6.07) is 89.6. The zero-order valence-corrected chi connectivity index (χ0v) is 34.7. The third-order valence-electron chi connectivity index (χ3n) is 10.6. The predicted octanol–water partition coefficient (Wildman–Crippen LogP) is 13.1. The molecule has 4 heteroatoms. The molecule has 0 bridgehead atoms. The van der Waals surface area contributed by atoms with Crippen molar-refractivity contribution in [3.05, 3.63) is 254 Å². The second-order valence-electron chi connectivity index (χ2n) is 14.5. The van der Waals surface area contributed by atoms with Crippen LogP contribution in [0.3, 0.4) is 0 Å². The molecule has 0 fully saturated rings. The Bertz CT molecular complexity index is 2100. The van der Waals surface area contributed by atoms with Gasteiger partial charge in [0.25, 0.3) is 0 Å². The lowest BCUT2D eigenvalue weighted by Crippen LogP contribution is -2.33. The van der Waals surface area contributed by atoms with E-state index in [4.69, 9.17) is 0 Å². The fraction of sp³-hybridized carbons (Fsp3) is 0.111. The molecule has 0 aliphatic heterocycles. The molecule has 0 heterocycles. The fourth-order valence-corrected chi connectivity index (χ4v) is 13.2. The summed E-state index contributed by atoms with van der Waals surface area (Å²) in [4.78, 5) is 0. The maximum atomic E-state index is 2.75. The first-order chi connectivity index (χ1) is 28.8. The van der Waals surface area contributed by atoms with E-state index in [1.165, 1.54) is 43.7 Å². The quantitative estimate of drug-likeness (QED) is 0.0670. The van der Waals surface area contributed by atoms with Gasteiger partial charge in [-0.25, -0.2) is 0 Å². The maximum Gasteiger partial charge on any atom is 0.0584 e. The standard InChI is InChI=1S/C54H50N2P2/c1-9-27-45(28-10-1)53(55(47-31-13-3-14-32-47)57(49-35-17-5-18-36-49)50-37-19-6-20-38-50)43-25-26-44-54(46-29-11-2-12-30-46)56(48-33-15-4-16-34-48)58(51-39-21-7-22-40-51)52-41-23-8-24-42-52/h1-24,27-42,53-54H,25-26,43-44H2. The molecule has 0 spiro atoms. The predicted molar refractivity (Wildman–Crippen MR) is 253 cm³/mol. The lowest BCUT2D eigenvalue weighted by molar-refractivity contribution is 0.538. The summed E-state index contributed by atoms with van der Waals surface area (Å²) < 4.78 is 5.51. The number of hydrogen-bond donors (Lipinski definition) is 0. The van der Waals surface area contributed by atoms with Gasteiger partial charge in [-0.2, -0.15) is 0 Å². The van der Waals surface area contributed by atoms with E-state index in [2.05, 4.69) is 252 Å². The fourth-order valence-electron chi connectivity index (χ4n) is 7.99. The van der Waals surface area contributed by atoms with Gasteiger partial charge in [0.2, 0.25) is 0 Å². The minimum Gasteiger partial charge on any atom is -0.335 e. The molecular formula is C54H50N2P2. The Balaban J connectivity index is 1.17. The summed E-state index contributed by atoms with van der Waals surface area (Å²) in [5, 5.41) is 5.41. The van der Waals surface area contributed by atoms with Crippen LogP contribution in [0.4, 0.5) is 11.4 Å². The van der Waals surface area contributed by atoms with Crippen LogP contribution in [0.2, 0.25) is 0 Å². The van der Waals surface area contributed by atoms with Gasteiger partial charge in [-0.1, -0.05) is 231 Å². The monoisotopic (exact) mass is 788 g/mol. The number of para-hydroxylation sites is 2. The molecule has 0 aliphatic carbocycles. The number of nitrogens with zero attached hydrogens (tertiary/aromatic N) is 2. The normalized spacial score (nSPS) is 12.2. The highest BCUT2D eigenvalue weighted by Crippen LogP contribution is 2.51. The van der Waals surface area contributed by atoms with E-state index >= 15 is 0 Å². The van der Waals surface area contributed by atoms with Crippen LogP contribution < -0.4 is 30.6 Å². The van der Waals surface area contributed by atoms with E-state index in [1.54, 1.807) is 0 Å². The smallest absolute Gasteiger partial charge is 0.0584 e. The SMILES string of the molecule is c1ccc(C(CCCCC(c2ccccc2)N(c2ccccc2)P(c2ccccc2)c2ccccc2)N(c2ccccc2)P(c2ccccc2)c2ccccc2)cc1. The van der Waals surface area contributed by atoms with Crippen LogP contribution in [-0.2, 0) is 0 Å². The highest BCUT2D eigenvalue weighted by molar-refractivity contribution is 7.74. The van der Waals surface area contributed by atoms with Crippen molar-refractivity contribution in [3.63, 3.8) is 0 Å². The van der Waals surface area contributed by atoms with Gasteiger partial charge in [0.15, 0.2) is 0 Å². The van der Waals surface area contributed by atoms with Crippen molar-refractivity contribution in [1.29, 1.82) is 0 Å². The first-order valence-electron chi connectivity index (χ1n) is 20.4. The van der Waals surface area contributed by atoms with Crippen molar-refractivity contribution < 1.29 is 0 Å². The first kappa shape index (κ1) is 39.1. The maximum absolute atomic E-state index is 2.75. The zero-order chi connectivity index (χ0) is 39.2. The van der Waals surface area contributed by atoms with Crippen molar-refractivity contribution in [2.24, 2.45) is 0 Å². The molecule has 2 atom stereocenters. The number of rotatable bonds is 17. The zero-order valence-electron chi connectivity index (χ0n) is 32.9. The van der Waals surface area contributed by atoms with Gasteiger partial charge >= 0.3 is 0 Å². The Morgan fingerprint density at radius 1 is 0.276 bits per heavy atom. The van der Waals surface area contributed by atoms with Gasteiger partial charge < -0.3 is 9.34 Å².